The van der Waals surface area contributed by atoms with Gasteiger partial charge in [-0.25, -0.2) is 0 Å². The standard InChI is InChI=1S/C14H21BrN2O2/c1-10(2)8-17-9-11-4-3-5-12(15)14(11)19-7-6-13(16)18/h3-5,10,17H,6-9H2,1-2H3,(H2,16,18). The molecule has 19 heavy (non-hydrogen) atoms. The average molecular weight is 329 g/mol. The summed E-state index contributed by atoms with van der Waals surface area (Å²) in [6.07, 6.45) is 0.222. The van der Waals surface area contributed by atoms with Gasteiger partial charge < -0.3 is 15.8 Å². The number of nitrogens with two attached hydrogens (primary N) is 1. The number of rotatable bonds is 8. The van der Waals surface area contributed by atoms with Gasteiger partial charge in [0.15, 0.2) is 0 Å². The monoisotopic (exact) mass is 328 g/mol. The normalized spacial score (nSPS) is 10.7. The van der Waals surface area contributed by atoms with Gasteiger partial charge in [0.1, 0.15) is 5.75 Å². The Bertz CT molecular complexity index is 422. The highest BCUT2D eigenvalue weighted by Gasteiger charge is 2.08. The second kappa shape index (κ2) is 8.17. The van der Waals surface area contributed by atoms with Crippen LogP contribution < -0.4 is 15.8 Å². The van der Waals surface area contributed by atoms with E-state index in [4.69, 9.17) is 10.5 Å². The fraction of sp³-hybridized carbons (Fsp3) is 0.500. The molecule has 0 saturated carbocycles. The van der Waals surface area contributed by atoms with E-state index < -0.39 is 0 Å². The molecular weight excluding hydrogens is 308 g/mol. The minimum absolute atomic E-state index is 0.222. The SMILES string of the molecule is CC(C)CNCc1cccc(Br)c1OCCC(N)=O. The van der Waals surface area contributed by atoms with E-state index in [-0.39, 0.29) is 12.3 Å². The van der Waals surface area contributed by atoms with Crippen molar-refractivity contribution in [3.63, 3.8) is 0 Å². The number of primary amides is 1. The maximum absolute atomic E-state index is 10.7. The average Bonchev–Trinajstić information content (AvgIpc) is 2.31. The molecule has 0 saturated heterocycles. The largest absolute Gasteiger partial charge is 0.492 e. The maximum atomic E-state index is 10.7. The van der Waals surface area contributed by atoms with E-state index in [0.29, 0.717) is 12.5 Å². The predicted molar refractivity (Wildman–Crippen MR) is 80.0 cm³/mol. The first kappa shape index (κ1) is 16.0. The van der Waals surface area contributed by atoms with Crippen molar-refractivity contribution in [3.8, 4) is 5.75 Å². The molecule has 0 unspecified atom stereocenters. The number of carbonyl (C=O) groups is 1. The number of hydrogen-bond donors (Lipinski definition) is 2. The number of halogens is 1. The Labute approximate surface area is 122 Å². The second-order valence-corrected chi connectivity index (χ2v) is 5.67. The first-order valence-corrected chi connectivity index (χ1v) is 7.19. The van der Waals surface area contributed by atoms with E-state index in [1.54, 1.807) is 0 Å². The lowest BCUT2D eigenvalue weighted by Crippen LogP contribution is -2.20. The minimum Gasteiger partial charge on any atom is -0.492 e. The summed E-state index contributed by atoms with van der Waals surface area (Å²) in [6.45, 7) is 6.32. The van der Waals surface area contributed by atoms with Gasteiger partial charge in [-0.3, -0.25) is 4.79 Å². The molecule has 0 atom stereocenters. The third kappa shape index (κ3) is 6.07. The van der Waals surface area contributed by atoms with E-state index in [1.807, 2.05) is 18.2 Å². The van der Waals surface area contributed by atoms with Crippen LogP contribution >= 0.6 is 15.9 Å². The van der Waals surface area contributed by atoms with Crippen LogP contribution in [-0.4, -0.2) is 19.1 Å². The molecule has 0 bridgehead atoms. The molecule has 0 spiro atoms. The molecular formula is C14H21BrN2O2. The summed E-state index contributed by atoms with van der Waals surface area (Å²) >= 11 is 3.47. The molecule has 1 amide bonds. The Morgan fingerprint density at radius 1 is 1.47 bits per heavy atom. The van der Waals surface area contributed by atoms with Crippen LogP contribution in [0.4, 0.5) is 0 Å². The molecule has 106 valence electrons. The third-order valence-corrected chi connectivity index (χ3v) is 3.14. The van der Waals surface area contributed by atoms with Crippen molar-refractivity contribution >= 4 is 21.8 Å². The first-order valence-electron chi connectivity index (χ1n) is 6.40. The molecule has 0 fully saturated rings. The van der Waals surface area contributed by atoms with E-state index in [1.165, 1.54) is 0 Å². The van der Waals surface area contributed by atoms with Gasteiger partial charge in [-0.1, -0.05) is 26.0 Å². The zero-order chi connectivity index (χ0) is 14.3. The van der Waals surface area contributed by atoms with Crippen LogP contribution in [0.3, 0.4) is 0 Å². The van der Waals surface area contributed by atoms with Gasteiger partial charge in [0.25, 0.3) is 0 Å². The van der Waals surface area contributed by atoms with Gasteiger partial charge >= 0.3 is 0 Å². The van der Waals surface area contributed by atoms with Crippen LogP contribution in [0.25, 0.3) is 0 Å². The van der Waals surface area contributed by atoms with Crippen molar-refractivity contribution in [2.24, 2.45) is 11.7 Å². The number of ether oxygens (including phenoxy) is 1. The van der Waals surface area contributed by atoms with Crippen LogP contribution in [0, 0.1) is 5.92 Å². The fourth-order valence-electron chi connectivity index (χ4n) is 1.60. The summed E-state index contributed by atoms with van der Waals surface area (Å²) in [7, 11) is 0. The summed E-state index contributed by atoms with van der Waals surface area (Å²) in [5.74, 6) is 1.03. The van der Waals surface area contributed by atoms with Crippen molar-refractivity contribution in [2.75, 3.05) is 13.2 Å². The van der Waals surface area contributed by atoms with Crippen LogP contribution in [0.1, 0.15) is 25.8 Å². The molecule has 0 aliphatic heterocycles. The molecule has 0 heterocycles. The number of carbonyl (C=O) groups excluding carboxylic acids is 1. The lowest BCUT2D eigenvalue weighted by molar-refractivity contribution is -0.118. The van der Waals surface area contributed by atoms with Gasteiger partial charge in [0.2, 0.25) is 5.91 Å². The minimum atomic E-state index is -0.355. The Hall–Kier alpha value is -1.07. The Kier molecular flexibility index (Phi) is 6.87. The number of benzene rings is 1. The quantitative estimate of drug-likeness (QED) is 0.770. The Balaban J connectivity index is 2.63. The smallest absolute Gasteiger partial charge is 0.220 e. The molecule has 0 aromatic heterocycles. The number of para-hydroxylation sites is 1. The van der Waals surface area contributed by atoms with Crippen molar-refractivity contribution in [1.29, 1.82) is 0 Å². The van der Waals surface area contributed by atoms with Crippen LogP contribution in [0.15, 0.2) is 22.7 Å². The molecule has 1 aromatic rings. The molecule has 0 aliphatic rings. The lowest BCUT2D eigenvalue weighted by Gasteiger charge is -2.14. The highest BCUT2D eigenvalue weighted by atomic mass is 79.9. The Morgan fingerprint density at radius 3 is 2.84 bits per heavy atom. The van der Waals surface area contributed by atoms with E-state index in [2.05, 4.69) is 35.1 Å². The number of amides is 1. The summed E-state index contributed by atoms with van der Waals surface area (Å²) in [4.78, 5) is 10.7. The number of hydrogen-bond acceptors (Lipinski definition) is 3. The van der Waals surface area contributed by atoms with Gasteiger partial charge in [-0.15, -0.1) is 0 Å². The zero-order valence-corrected chi connectivity index (χ0v) is 13.0. The van der Waals surface area contributed by atoms with Gasteiger partial charge in [-0.05, 0) is 34.5 Å². The number of nitrogens with one attached hydrogen (secondary N) is 1. The highest BCUT2D eigenvalue weighted by molar-refractivity contribution is 9.10. The molecule has 3 N–H and O–H groups in total. The maximum Gasteiger partial charge on any atom is 0.220 e. The molecule has 1 rings (SSSR count). The summed E-state index contributed by atoms with van der Waals surface area (Å²) in [5, 5.41) is 3.38. The highest BCUT2D eigenvalue weighted by Crippen LogP contribution is 2.29. The van der Waals surface area contributed by atoms with Crippen molar-refractivity contribution in [2.45, 2.75) is 26.8 Å². The summed E-state index contributed by atoms with van der Waals surface area (Å²) in [6, 6.07) is 5.90. The predicted octanol–water partition coefficient (Wildman–Crippen LogP) is 2.45. The van der Waals surface area contributed by atoms with Gasteiger partial charge in [-0.2, -0.15) is 0 Å². The summed E-state index contributed by atoms with van der Waals surface area (Å²) < 4.78 is 6.54. The van der Waals surface area contributed by atoms with Crippen molar-refractivity contribution in [1.82, 2.24) is 5.32 Å². The van der Waals surface area contributed by atoms with E-state index in [0.717, 1.165) is 28.9 Å². The molecule has 0 aliphatic carbocycles. The topological polar surface area (TPSA) is 64.3 Å². The molecule has 1 aromatic carbocycles. The zero-order valence-electron chi connectivity index (χ0n) is 11.4. The fourth-order valence-corrected chi connectivity index (χ4v) is 2.13. The molecule has 4 nitrogen and oxygen atoms in total. The third-order valence-electron chi connectivity index (χ3n) is 2.51. The van der Waals surface area contributed by atoms with Gasteiger partial charge in [0, 0.05) is 12.1 Å². The molecule has 5 heteroatoms. The van der Waals surface area contributed by atoms with Crippen LogP contribution in [0.2, 0.25) is 0 Å². The van der Waals surface area contributed by atoms with Crippen LogP contribution in [-0.2, 0) is 11.3 Å². The van der Waals surface area contributed by atoms with Crippen molar-refractivity contribution < 1.29 is 9.53 Å². The summed E-state index contributed by atoms with van der Waals surface area (Å²) in [5.41, 5.74) is 6.17. The van der Waals surface area contributed by atoms with Crippen LogP contribution in [0.5, 0.6) is 5.75 Å². The second-order valence-electron chi connectivity index (χ2n) is 4.82. The lowest BCUT2D eigenvalue weighted by atomic mass is 10.2. The Morgan fingerprint density at radius 2 is 2.21 bits per heavy atom. The first-order chi connectivity index (χ1) is 9.00. The van der Waals surface area contributed by atoms with E-state index in [9.17, 15) is 4.79 Å². The van der Waals surface area contributed by atoms with Crippen molar-refractivity contribution in [3.05, 3.63) is 28.2 Å². The van der Waals surface area contributed by atoms with Gasteiger partial charge in [0.05, 0.1) is 17.5 Å². The molecule has 0 radical (unpaired) electrons. The van der Waals surface area contributed by atoms with E-state index >= 15 is 0 Å².